The third-order valence-corrected chi connectivity index (χ3v) is 9.79. The Morgan fingerprint density at radius 2 is 2.09 bits per heavy atom. The van der Waals surface area contributed by atoms with Gasteiger partial charge in [-0.25, -0.2) is 0 Å². The van der Waals surface area contributed by atoms with E-state index in [2.05, 4.69) is 36.3 Å². The van der Waals surface area contributed by atoms with Crippen molar-refractivity contribution >= 4 is 11.6 Å². The average molecular weight is 465 g/mol. The van der Waals surface area contributed by atoms with Crippen molar-refractivity contribution < 1.29 is 19.2 Å². The summed E-state index contributed by atoms with van der Waals surface area (Å²) in [6.07, 6.45) is 17.6. The Balaban J connectivity index is 1.22. The molecular formula is C28H36N2O4. The van der Waals surface area contributed by atoms with Crippen LogP contribution in [-0.2, 0) is 16.2 Å². The molecule has 0 aromatic carbocycles. The van der Waals surface area contributed by atoms with E-state index in [0.717, 1.165) is 57.1 Å². The van der Waals surface area contributed by atoms with Gasteiger partial charge < -0.3 is 19.7 Å². The van der Waals surface area contributed by atoms with Crippen molar-refractivity contribution in [2.45, 2.75) is 77.4 Å². The zero-order valence-electron chi connectivity index (χ0n) is 20.3. The summed E-state index contributed by atoms with van der Waals surface area (Å²) in [5.41, 5.74) is 1.45. The van der Waals surface area contributed by atoms with Gasteiger partial charge in [0.15, 0.2) is 6.61 Å². The number of nitrogens with one attached hydrogen (secondary N) is 1. The number of rotatable bonds is 5. The van der Waals surface area contributed by atoms with Crippen LogP contribution < -0.4 is 5.32 Å². The lowest BCUT2D eigenvalue weighted by Gasteiger charge is -2.58. The molecule has 182 valence electrons. The molecule has 5 rings (SSSR count). The molecule has 1 aromatic heterocycles. The first kappa shape index (κ1) is 23.2. The highest BCUT2D eigenvalue weighted by Gasteiger charge is 2.63. The number of carbonyl (C=O) groups excluding carboxylic acids is 1. The van der Waals surface area contributed by atoms with Crippen molar-refractivity contribution in [1.82, 2.24) is 5.32 Å². The number of hydrogen-bond donors (Lipinski definition) is 2. The molecule has 2 N–H and O–H groups in total. The highest BCUT2D eigenvalue weighted by atomic mass is 16.6. The summed E-state index contributed by atoms with van der Waals surface area (Å²) in [6, 6.07) is 3.61. The normalized spacial score (nSPS) is 39.9. The Hall–Kier alpha value is -2.52. The van der Waals surface area contributed by atoms with E-state index in [1.165, 1.54) is 5.57 Å². The summed E-state index contributed by atoms with van der Waals surface area (Å²) in [7, 11) is 0. The number of allylic oxidation sites excluding steroid dienone is 2. The minimum Gasteiger partial charge on any atom is -0.467 e. The second-order valence-electron chi connectivity index (χ2n) is 11.2. The maximum Gasteiger partial charge on any atom is 0.261 e. The minimum absolute atomic E-state index is 0.103. The largest absolute Gasteiger partial charge is 0.467 e. The van der Waals surface area contributed by atoms with Crippen LogP contribution in [0.4, 0.5) is 0 Å². The molecule has 6 nitrogen and oxygen atoms in total. The van der Waals surface area contributed by atoms with E-state index in [4.69, 9.17) is 15.7 Å². The van der Waals surface area contributed by atoms with E-state index < -0.39 is 5.60 Å². The Bertz CT molecular complexity index is 1040. The fraction of sp³-hybridized carbons (Fsp3) is 0.643. The first-order valence-electron chi connectivity index (χ1n) is 12.7. The van der Waals surface area contributed by atoms with Gasteiger partial charge in [0, 0.05) is 5.41 Å². The van der Waals surface area contributed by atoms with Crippen molar-refractivity contribution in [1.29, 1.82) is 0 Å². The van der Waals surface area contributed by atoms with E-state index in [1.54, 1.807) is 12.3 Å². The molecule has 34 heavy (non-hydrogen) atoms. The van der Waals surface area contributed by atoms with E-state index in [0.29, 0.717) is 30.1 Å². The van der Waals surface area contributed by atoms with Crippen LogP contribution in [0.2, 0.25) is 0 Å². The van der Waals surface area contributed by atoms with Crippen molar-refractivity contribution in [2.24, 2.45) is 33.7 Å². The molecule has 4 aliphatic rings. The molecule has 0 radical (unpaired) electrons. The molecule has 3 saturated carbocycles. The molecule has 1 amide bonds. The predicted octanol–water partition coefficient (Wildman–Crippen LogP) is 4.60. The maximum absolute atomic E-state index is 12.0. The molecule has 1 aromatic rings. The molecule has 0 spiro atoms. The van der Waals surface area contributed by atoms with Crippen molar-refractivity contribution in [2.75, 3.05) is 6.61 Å². The van der Waals surface area contributed by atoms with E-state index in [9.17, 15) is 9.90 Å². The van der Waals surface area contributed by atoms with E-state index >= 15 is 0 Å². The summed E-state index contributed by atoms with van der Waals surface area (Å²) in [4.78, 5) is 17.4. The van der Waals surface area contributed by atoms with Gasteiger partial charge in [0.25, 0.3) is 5.91 Å². The lowest BCUT2D eigenvalue weighted by Crippen LogP contribution is -2.54. The number of terminal acetylenes is 1. The van der Waals surface area contributed by atoms with Crippen molar-refractivity contribution in [3.05, 3.63) is 35.8 Å². The standard InChI is InChI=1S/C28H36N2O4/c1-4-28(32)14-11-24-22-8-7-19-16-20(9-12-26(19,2)23(22)10-13-27(24,28)3)30-34-18-25(31)29-17-21-6-5-15-33-21/h1,5-6,15-16,22-24,32H,7-14,17-18H2,2-3H3,(H,29,31)/t22-,23+,24-,26+,27-,28-/m1/s1. The van der Waals surface area contributed by atoms with Crippen LogP contribution in [0.5, 0.6) is 0 Å². The predicted molar refractivity (Wildman–Crippen MR) is 129 cm³/mol. The van der Waals surface area contributed by atoms with Gasteiger partial charge in [-0.2, -0.15) is 0 Å². The second kappa shape index (κ2) is 8.61. The van der Waals surface area contributed by atoms with Crippen LogP contribution >= 0.6 is 0 Å². The van der Waals surface area contributed by atoms with Gasteiger partial charge in [-0.3, -0.25) is 4.79 Å². The van der Waals surface area contributed by atoms with Crippen LogP contribution in [0.3, 0.4) is 0 Å². The smallest absolute Gasteiger partial charge is 0.261 e. The Labute approximate surface area is 202 Å². The molecule has 0 saturated heterocycles. The van der Waals surface area contributed by atoms with Gasteiger partial charge >= 0.3 is 0 Å². The number of nitrogens with zero attached hydrogens (tertiary/aromatic N) is 1. The van der Waals surface area contributed by atoms with Crippen LogP contribution in [0, 0.1) is 40.9 Å². The van der Waals surface area contributed by atoms with Gasteiger partial charge in [-0.15, -0.1) is 6.42 Å². The second-order valence-corrected chi connectivity index (χ2v) is 11.2. The van der Waals surface area contributed by atoms with Gasteiger partial charge in [0.05, 0.1) is 18.5 Å². The summed E-state index contributed by atoms with van der Waals surface area (Å²) >= 11 is 0. The zero-order valence-corrected chi connectivity index (χ0v) is 20.3. The van der Waals surface area contributed by atoms with Crippen LogP contribution in [0.15, 0.2) is 39.6 Å². The fourth-order valence-corrected chi connectivity index (χ4v) is 7.72. The quantitative estimate of drug-likeness (QED) is 0.493. The van der Waals surface area contributed by atoms with Crippen LogP contribution in [0.1, 0.15) is 71.0 Å². The monoisotopic (exact) mass is 464 g/mol. The number of furan rings is 1. The summed E-state index contributed by atoms with van der Waals surface area (Å²) < 4.78 is 5.21. The molecule has 6 heteroatoms. The van der Waals surface area contributed by atoms with E-state index in [-0.39, 0.29) is 23.3 Å². The number of oxime groups is 1. The average Bonchev–Trinajstić information content (AvgIpc) is 3.44. The number of fused-ring (bicyclic) bond motifs is 5. The molecule has 1 heterocycles. The van der Waals surface area contributed by atoms with Crippen molar-refractivity contribution in [3.8, 4) is 12.3 Å². The van der Waals surface area contributed by atoms with Gasteiger partial charge in [-0.1, -0.05) is 30.5 Å². The van der Waals surface area contributed by atoms with Crippen LogP contribution in [-0.4, -0.2) is 28.9 Å². The zero-order chi connectivity index (χ0) is 24.0. The third kappa shape index (κ3) is 3.69. The lowest BCUT2D eigenvalue weighted by atomic mass is 9.46. The number of amides is 1. The highest BCUT2D eigenvalue weighted by Crippen LogP contribution is 2.67. The summed E-state index contributed by atoms with van der Waals surface area (Å²) in [5, 5.41) is 18.2. The first-order chi connectivity index (χ1) is 16.3. The molecule has 6 atom stereocenters. The molecule has 0 aliphatic heterocycles. The fourth-order valence-electron chi connectivity index (χ4n) is 7.72. The number of aliphatic hydroxyl groups is 1. The SMILES string of the molecule is C#C[C@@]1(O)CC[C@@H]2[C@@H]3CCC4=CC(=NOCC(=O)NCc5ccco5)CC[C@]4(C)[C@H]3CC[C@]21C. The maximum atomic E-state index is 12.0. The molecule has 4 aliphatic carbocycles. The molecule has 3 fully saturated rings. The van der Waals surface area contributed by atoms with Crippen molar-refractivity contribution in [3.63, 3.8) is 0 Å². The van der Waals surface area contributed by atoms with E-state index in [1.807, 2.05) is 6.07 Å². The molecule has 0 bridgehead atoms. The summed E-state index contributed by atoms with van der Waals surface area (Å²) in [5.74, 6) is 5.01. The highest BCUT2D eigenvalue weighted by molar-refractivity contribution is 5.96. The van der Waals surface area contributed by atoms with Gasteiger partial charge in [0.2, 0.25) is 0 Å². The molecular weight excluding hydrogens is 428 g/mol. The Morgan fingerprint density at radius 1 is 1.26 bits per heavy atom. The third-order valence-electron chi connectivity index (χ3n) is 9.79. The summed E-state index contributed by atoms with van der Waals surface area (Å²) in [6.45, 7) is 4.91. The van der Waals surface area contributed by atoms with Gasteiger partial charge in [-0.05, 0) is 92.7 Å². The number of carbonyl (C=O) groups is 1. The Morgan fingerprint density at radius 3 is 2.85 bits per heavy atom. The van der Waals surface area contributed by atoms with Gasteiger partial charge in [0.1, 0.15) is 11.4 Å². The molecule has 0 unspecified atom stereocenters. The van der Waals surface area contributed by atoms with Crippen LogP contribution in [0.25, 0.3) is 0 Å². The minimum atomic E-state index is -0.951. The Kier molecular flexibility index (Phi) is 5.88. The lowest BCUT2D eigenvalue weighted by molar-refractivity contribution is -0.125. The first-order valence-corrected chi connectivity index (χ1v) is 12.7. The topological polar surface area (TPSA) is 84.1 Å². The number of hydrogen-bond acceptors (Lipinski definition) is 5.